The molecular formula is C25H22BrClN2O4. The normalized spacial score (nSPS) is 12.0. The lowest BCUT2D eigenvalue weighted by atomic mass is 9.90. The maximum Gasteiger partial charge on any atom is 0.214 e. The number of ether oxygens (including phenoxy) is 2. The van der Waals surface area contributed by atoms with Gasteiger partial charge in [0, 0.05) is 32.6 Å². The van der Waals surface area contributed by atoms with Gasteiger partial charge in [-0.3, -0.25) is 10.1 Å². The average molecular weight is 530 g/mol. The van der Waals surface area contributed by atoms with Crippen LogP contribution >= 0.6 is 27.5 Å². The number of aromatic nitrogens is 1. The van der Waals surface area contributed by atoms with Crippen LogP contribution in [0, 0.1) is 10.1 Å². The number of fused-ring (bicyclic) bond motifs is 1. The van der Waals surface area contributed by atoms with Gasteiger partial charge < -0.3 is 14.5 Å². The molecule has 0 unspecified atom stereocenters. The summed E-state index contributed by atoms with van der Waals surface area (Å²) in [7, 11) is 0. The van der Waals surface area contributed by atoms with Crippen LogP contribution in [0.2, 0.25) is 5.02 Å². The van der Waals surface area contributed by atoms with Crippen molar-refractivity contribution in [2.45, 2.75) is 19.4 Å². The molecule has 170 valence electrons. The van der Waals surface area contributed by atoms with Gasteiger partial charge in [0.25, 0.3) is 0 Å². The number of nitrogens with one attached hydrogen (secondary N) is 1. The summed E-state index contributed by atoms with van der Waals surface area (Å²) in [5.41, 5.74) is 3.41. The minimum Gasteiger partial charge on any atom is -0.490 e. The quantitative estimate of drug-likeness (QED) is 0.188. The Labute approximate surface area is 204 Å². The van der Waals surface area contributed by atoms with E-state index in [0.717, 1.165) is 27.6 Å². The first-order valence-electron chi connectivity index (χ1n) is 10.5. The molecule has 0 aliphatic heterocycles. The van der Waals surface area contributed by atoms with Crippen molar-refractivity contribution in [3.8, 4) is 11.5 Å². The number of nitrogens with zero attached hydrogens (tertiary/aromatic N) is 1. The van der Waals surface area contributed by atoms with Crippen molar-refractivity contribution in [2.75, 3.05) is 13.2 Å². The lowest BCUT2D eigenvalue weighted by molar-refractivity contribution is -0.481. The summed E-state index contributed by atoms with van der Waals surface area (Å²) in [5.74, 6) is 0.575. The van der Waals surface area contributed by atoms with Crippen LogP contribution in [0.15, 0.2) is 71.3 Å². The predicted octanol–water partition coefficient (Wildman–Crippen LogP) is 6.97. The topological polar surface area (TPSA) is 77.4 Å². The van der Waals surface area contributed by atoms with Gasteiger partial charge in [-0.2, -0.15) is 0 Å². The highest BCUT2D eigenvalue weighted by Gasteiger charge is 2.26. The maximum absolute atomic E-state index is 11.6. The number of nitro groups is 1. The Morgan fingerprint density at radius 1 is 1.12 bits per heavy atom. The van der Waals surface area contributed by atoms with Gasteiger partial charge in [-0.1, -0.05) is 48.0 Å². The summed E-state index contributed by atoms with van der Waals surface area (Å²) in [6.45, 7) is 2.32. The Morgan fingerprint density at radius 3 is 2.64 bits per heavy atom. The monoisotopic (exact) mass is 528 g/mol. The highest BCUT2D eigenvalue weighted by atomic mass is 79.9. The Bertz CT molecular complexity index is 1290. The Balaban J connectivity index is 1.74. The third-order valence-corrected chi connectivity index (χ3v) is 6.35. The summed E-state index contributed by atoms with van der Waals surface area (Å²) in [6.07, 6.45) is 1.84. The lowest BCUT2D eigenvalue weighted by Gasteiger charge is -2.19. The number of H-pyrrole nitrogens is 1. The van der Waals surface area contributed by atoms with Crippen LogP contribution in [-0.2, 0) is 6.61 Å². The number of benzene rings is 3. The lowest BCUT2D eigenvalue weighted by Crippen LogP contribution is -2.14. The van der Waals surface area contributed by atoms with E-state index in [1.807, 2.05) is 73.8 Å². The fourth-order valence-corrected chi connectivity index (χ4v) is 4.64. The summed E-state index contributed by atoms with van der Waals surface area (Å²) < 4.78 is 12.6. The SMILES string of the molecule is CCOc1cc([C@@H](C[N+](=O)[O-])c2c[nH]c3ccccc23)cc(Br)c1OCc1ccccc1Cl. The van der Waals surface area contributed by atoms with E-state index in [1.165, 1.54) is 0 Å². The van der Waals surface area contributed by atoms with Gasteiger partial charge in [-0.15, -0.1) is 0 Å². The summed E-state index contributed by atoms with van der Waals surface area (Å²) in [6, 6.07) is 18.9. The second-order valence-corrected chi connectivity index (χ2v) is 8.76. The van der Waals surface area contributed by atoms with Crippen LogP contribution in [0.5, 0.6) is 11.5 Å². The van der Waals surface area contributed by atoms with E-state index in [0.29, 0.717) is 27.6 Å². The van der Waals surface area contributed by atoms with Gasteiger partial charge in [-0.25, -0.2) is 0 Å². The van der Waals surface area contributed by atoms with Gasteiger partial charge in [0.15, 0.2) is 11.5 Å². The van der Waals surface area contributed by atoms with Crippen LogP contribution in [0.1, 0.15) is 29.5 Å². The van der Waals surface area contributed by atoms with Crippen molar-refractivity contribution in [1.29, 1.82) is 0 Å². The molecule has 0 bridgehead atoms. The zero-order valence-electron chi connectivity index (χ0n) is 17.9. The van der Waals surface area contributed by atoms with E-state index < -0.39 is 5.92 Å². The molecule has 0 saturated carbocycles. The highest BCUT2D eigenvalue weighted by molar-refractivity contribution is 9.10. The van der Waals surface area contributed by atoms with Crippen LogP contribution in [0.25, 0.3) is 10.9 Å². The summed E-state index contributed by atoms with van der Waals surface area (Å²) >= 11 is 9.85. The molecule has 1 aromatic heterocycles. The number of hydrogen-bond donors (Lipinski definition) is 1. The number of hydrogen-bond acceptors (Lipinski definition) is 4. The first-order valence-corrected chi connectivity index (χ1v) is 11.6. The molecule has 0 aliphatic rings. The summed E-state index contributed by atoms with van der Waals surface area (Å²) in [5, 5.41) is 13.2. The first-order chi connectivity index (χ1) is 16.0. The Hall–Kier alpha value is -3.03. The van der Waals surface area contributed by atoms with E-state index in [9.17, 15) is 10.1 Å². The molecule has 0 fully saturated rings. The van der Waals surface area contributed by atoms with Crippen molar-refractivity contribution in [2.24, 2.45) is 0 Å². The maximum atomic E-state index is 11.6. The first kappa shape index (κ1) is 23.1. The fourth-order valence-electron chi connectivity index (χ4n) is 3.87. The molecule has 0 radical (unpaired) electrons. The second-order valence-electron chi connectivity index (χ2n) is 7.50. The smallest absolute Gasteiger partial charge is 0.214 e. The molecular weight excluding hydrogens is 508 g/mol. The van der Waals surface area contributed by atoms with Crippen molar-refractivity contribution >= 4 is 38.4 Å². The molecule has 0 spiro atoms. The van der Waals surface area contributed by atoms with E-state index >= 15 is 0 Å². The molecule has 33 heavy (non-hydrogen) atoms. The zero-order chi connectivity index (χ0) is 23.4. The van der Waals surface area contributed by atoms with Crippen LogP contribution in [0.4, 0.5) is 0 Å². The minimum atomic E-state index is -0.468. The van der Waals surface area contributed by atoms with Crippen molar-refractivity contribution in [3.05, 3.63) is 103 Å². The molecule has 1 atom stereocenters. The molecule has 4 rings (SSSR count). The number of halogens is 2. The summed E-state index contributed by atoms with van der Waals surface area (Å²) in [4.78, 5) is 14.5. The number of rotatable bonds is 9. The third-order valence-electron chi connectivity index (χ3n) is 5.39. The zero-order valence-corrected chi connectivity index (χ0v) is 20.2. The van der Waals surface area contributed by atoms with Gasteiger partial charge in [-0.05, 0) is 58.2 Å². The van der Waals surface area contributed by atoms with Crippen molar-refractivity contribution < 1.29 is 14.4 Å². The van der Waals surface area contributed by atoms with Crippen molar-refractivity contribution in [3.63, 3.8) is 0 Å². The fraction of sp³-hybridized carbons (Fsp3) is 0.200. The molecule has 0 amide bonds. The van der Waals surface area contributed by atoms with E-state index in [1.54, 1.807) is 0 Å². The van der Waals surface area contributed by atoms with E-state index in [-0.39, 0.29) is 18.1 Å². The largest absolute Gasteiger partial charge is 0.490 e. The second kappa shape index (κ2) is 10.3. The predicted molar refractivity (Wildman–Crippen MR) is 133 cm³/mol. The van der Waals surface area contributed by atoms with E-state index in [4.69, 9.17) is 21.1 Å². The third kappa shape index (κ3) is 5.15. The van der Waals surface area contributed by atoms with Gasteiger partial charge in [0.2, 0.25) is 6.54 Å². The van der Waals surface area contributed by atoms with Crippen LogP contribution in [0.3, 0.4) is 0 Å². The standard InChI is InChI=1S/C25H22BrClN2O4/c1-2-32-24-12-17(11-21(26)25(24)33-15-16-7-3-5-9-22(16)27)20(14-29(30)31)19-13-28-23-10-6-4-8-18(19)23/h3-13,20,28H,2,14-15H2,1H3/t20-/m1/s1. The molecule has 3 aromatic carbocycles. The molecule has 0 saturated heterocycles. The molecule has 1 N–H and O–H groups in total. The van der Waals surface area contributed by atoms with Gasteiger partial charge in [0.1, 0.15) is 6.61 Å². The van der Waals surface area contributed by atoms with Gasteiger partial charge in [0.05, 0.1) is 17.0 Å². The molecule has 0 aliphatic carbocycles. The van der Waals surface area contributed by atoms with Crippen molar-refractivity contribution in [1.82, 2.24) is 4.98 Å². The van der Waals surface area contributed by atoms with Crippen LogP contribution in [-0.4, -0.2) is 23.1 Å². The Morgan fingerprint density at radius 2 is 1.88 bits per heavy atom. The highest BCUT2D eigenvalue weighted by Crippen LogP contribution is 2.42. The van der Waals surface area contributed by atoms with Crippen LogP contribution < -0.4 is 9.47 Å². The van der Waals surface area contributed by atoms with E-state index in [2.05, 4.69) is 20.9 Å². The number of para-hydroxylation sites is 1. The molecule has 4 aromatic rings. The average Bonchev–Trinajstić information content (AvgIpc) is 3.22. The molecule has 8 heteroatoms. The number of aromatic amines is 1. The molecule has 1 heterocycles. The Kier molecular flexibility index (Phi) is 7.20. The molecule has 6 nitrogen and oxygen atoms in total. The minimum absolute atomic E-state index is 0.250. The van der Waals surface area contributed by atoms with Gasteiger partial charge >= 0.3 is 0 Å².